The smallest absolute Gasteiger partial charge is 0.264 e. The van der Waals surface area contributed by atoms with Crippen LogP contribution in [0.3, 0.4) is 0 Å². The van der Waals surface area contributed by atoms with E-state index in [1.807, 2.05) is 68.4 Å². The molecule has 0 aliphatic carbocycles. The summed E-state index contributed by atoms with van der Waals surface area (Å²) in [6.45, 7) is 5.25. The molecule has 0 aliphatic heterocycles. The number of carbonyl (C=O) groups excluding carboxylic acids is 2. The Morgan fingerprint density at radius 2 is 1.50 bits per heavy atom. The van der Waals surface area contributed by atoms with Crippen LogP contribution in [0.4, 0.5) is 5.69 Å². The number of sulfonamides is 1. The molecule has 242 valence electrons. The SMILES string of the molecule is CCOc1ccccc1N(CC(=O)N(Cc1ccc(Br)cc1)C(Cc1ccccc1)C(=O)NC(C)C)S(=O)(=O)c1ccc(Cl)cc1. The van der Waals surface area contributed by atoms with Gasteiger partial charge in [0.05, 0.1) is 17.2 Å². The van der Waals surface area contributed by atoms with E-state index in [1.165, 1.54) is 29.2 Å². The monoisotopic (exact) mass is 725 g/mol. The number of ether oxygens (including phenoxy) is 1. The predicted octanol–water partition coefficient (Wildman–Crippen LogP) is 6.86. The van der Waals surface area contributed by atoms with Gasteiger partial charge in [0.25, 0.3) is 10.0 Å². The zero-order valence-corrected chi connectivity index (χ0v) is 29.1. The summed E-state index contributed by atoms with van der Waals surface area (Å²) in [7, 11) is -4.30. The summed E-state index contributed by atoms with van der Waals surface area (Å²) in [4.78, 5) is 29.8. The largest absolute Gasteiger partial charge is 0.492 e. The van der Waals surface area contributed by atoms with Gasteiger partial charge < -0.3 is 15.0 Å². The summed E-state index contributed by atoms with van der Waals surface area (Å²) in [5, 5.41) is 3.33. The molecule has 8 nitrogen and oxygen atoms in total. The van der Waals surface area contributed by atoms with Crippen LogP contribution in [0.1, 0.15) is 31.9 Å². The Kier molecular flexibility index (Phi) is 12.3. The summed E-state index contributed by atoms with van der Waals surface area (Å²) >= 11 is 9.53. The van der Waals surface area contributed by atoms with Gasteiger partial charge in [-0.05, 0) is 80.4 Å². The number of benzene rings is 4. The predicted molar refractivity (Wildman–Crippen MR) is 185 cm³/mol. The lowest BCUT2D eigenvalue weighted by atomic mass is 10.0. The molecule has 1 unspecified atom stereocenters. The summed E-state index contributed by atoms with van der Waals surface area (Å²) < 4.78 is 36.2. The second kappa shape index (κ2) is 16.1. The number of nitrogens with zero attached hydrogens (tertiary/aromatic N) is 2. The Morgan fingerprint density at radius 1 is 0.870 bits per heavy atom. The van der Waals surface area contributed by atoms with Crippen LogP contribution < -0.4 is 14.4 Å². The van der Waals surface area contributed by atoms with Gasteiger partial charge in [0, 0.05) is 28.5 Å². The fourth-order valence-electron chi connectivity index (χ4n) is 4.91. The molecule has 46 heavy (non-hydrogen) atoms. The summed E-state index contributed by atoms with van der Waals surface area (Å²) in [6.07, 6.45) is 0.223. The zero-order valence-electron chi connectivity index (χ0n) is 25.9. The van der Waals surface area contributed by atoms with Crippen molar-refractivity contribution in [2.24, 2.45) is 0 Å². The molecule has 0 aliphatic rings. The van der Waals surface area contributed by atoms with E-state index < -0.39 is 28.5 Å². The number of hydrogen-bond donors (Lipinski definition) is 1. The van der Waals surface area contributed by atoms with Crippen LogP contribution in [0, 0.1) is 0 Å². The second-order valence-corrected chi connectivity index (χ2v) is 14.1. The van der Waals surface area contributed by atoms with E-state index in [2.05, 4.69) is 21.2 Å². The lowest BCUT2D eigenvalue weighted by Gasteiger charge is -2.34. The molecule has 11 heteroatoms. The third-order valence-corrected chi connectivity index (χ3v) is 9.64. The van der Waals surface area contributed by atoms with Gasteiger partial charge in [-0.25, -0.2) is 8.42 Å². The summed E-state index contributed by atoms with van der Waals surface area (Å²) in [5.41, 5.74) is 1.82. The molecular formula is C35H37BrClN3O5S. The highest BCUT2D eigenvalue weighted by Gasteiger charge is 2.35. The molecule has 0 saturated heterocycles. The minimum absolute atomic E-state index is 0.0474. The molecule has 4 aromatic rings. The van der Waals surface area contributed by atoms with Crippen LogP contribution in [0.2, 0.25) is 5.02 Å². The van der Waals surface area contributed by atoms with Gasteiger partial charge in [-0.2, -0.15) is 0 Å². The van der Waals surface area contributed by atoms with Crippen molar-refractivity contribution in [1.29, 1.82) is 0 Å². The normalized spacial score (nSPS) is 12.0. The van der Waals surface area contributed by atoms with Gasteiger partial charge in [0.1, 0.15) is 18.3 Å². The van der Waals surface area contributed by atoms with E-state index in [1.54, 1.807) is 31.2 Å². The van der Waals surface area contributed by atoms with E-state index in [0.29, 0.717) is 10.8 Å². The first kappa shape index (κ1) is 35.0. The number of hydrogen-bond acceptors (Lipinski definition) is 5. The highest BCUT2D eigenvalue weighted by molar-refractivity contribution is 9.10. The van der Waals surface area contributed by atoms with Crippen molar-refractivity contribution in [2.75, 3.05) is 17.5 Å². The Bertz CT molecular complexity index is 1720. The van der Waals surface area contributed by atoms with E-state index >= 15 is 0 Å². The van der Waals surface area contributed by atoms with Crippen LogP contribution >= 0.6 is 27.5 Å². The molecule has 0 fully saturated rings. The molecular weight excluding hydrogens is 690 g/mol. The van der Waals surface area contributed by atoms with Gasteiger partial charge in [-0.3, -0.25) is 13.9 Å². The fraction of sp³-hybridized carbons (Fsp3) is 0.257. The molecule has 0 bridgehead atoms. The van der Waals surface area contributed by atoms with Crippen LogP contribution in [0.5, 0.6) is 5.75 Å². The van der Waals surface area contributed by atoms with Gasteiger partial charge in [0.2, 0.25) is 11.8 Å². The van der Waals surface area contributed by atoms with Crippen molar-refractivity contribution in [3.05, 3.63) is 124 Å². The minimum Gasteiger partial charge on any atom is -0.492 e. The van der Waals surface area contributed by atoms with E-state index in [9.17, 15) is 18.0 Å². The van der Waals surface area contributed by atoms with Crippen molar-refractivity contribution in [2.45, 2.75) is 50.7 Å². The molecule has 0 radical (unpaired) electrons. The number of carbonyl (C=O) groups is 2. The van der Waals surface area contributed by atoms with Crippen LogP contribution in [-0.2, 0) is 32.6 Å². The number of halogens is 2. The maximum atomic E-state index is 14.6. The van der Waals surface area contributed by atoms with Crippen LogP contribution in [0.15, 0.2) is 112 Å². The highest BCUT2D eigenvalue weighted by Crippen LogP contribution is 2.33. The average Bonchev–Trinajstić information content (AvgIpc) is 3.03. The summed E-state index contributed by atoms with van der Waals surface area (Å²) in [6, 6.07) is 28.1. The lowest BCUT2D eigenvalue weighted by Crippen LogP contribution is -2.54. The molecule has 4 aromatic carbocycles. The quantitative estimate of drug-likeness (QED) is 0.153. The van der Waals surface area contributed by atoms with E-state index in [-0.39, 0.29) is 42.1 Å². The minimum atomic E-state index is -4.30. The topological polar surface area (TPSA) is 96.0 Å². The maximum Gasteiger partial charge on any atom is 0.264 e. The first-order valence-corrected chi connectivity index (χ1v) is 17.5. The number of nitrogens with one attached hydrogen (secondary N) is 1. The van der Waals surface area contributed by atoms with E-state index in [0.717, 1.165) is 19.9 Å². The van der Waals surface area contributed by atoms with Crippen molar-refractivity contribution in [3.8, 4) is 5.75 Å². The zero-order chi connectivity index (χ0) is 33.3. The Hall–Kier alpha value is -3.86. The average molecular weight is 727 g/mol. The van der Waals surface area contributed by atoms with Crippen LogP contribution in [-0.4, -0.2) is 50.4 Å². The Morgan fingerprint density at radius 3 is 2.13 bits per heavy atom. The third kappa shape index (κ3) is 9.11. The molecule has 0 aromatic heterocycles. The maximum absolute atomic E-state index is 14.6. The standard InChI is InChI=1S/C35H37BrClN3O5S/c1-4-45-33-13-9-8-12-31(33)40(46(43,44)30-20-18-29(37)19-21-30)24-34(41)39(23-27-14-16-28(36)17-15-27)32(35(42)38-25(2)3)22-26-10-6-5-7-11-26/h5-21,25,32H,4,22-24H2,1-3H3,(H,38,42). The Labute approximate surface area is 284 Å². The number of amides is 2. The van der Waals surface area contributed by atoms with Gasteiger partial charge in [0.15, 0.2) is 0 Å². The molecule has 1 N–H and O–H groups in total. The molecule has 1 atom stereocenters. The lowest BCUT2D eigenvalue weighted by molar-refractivity contribution is -0.140. The van der Waals surface area contributed by atoms with Crippen molar-refractivity contribution in [1.82, 2.24) is 10.2 Å². The highest BCUT2D eigenvalue weighted by atomic mass is 79.9. The first-order valence-electron chi connectivity index (χ1n) is 14.9. The second-order valence-electron chi connectivity index (χ2n) is 10.9. The Balaban J connectivity index is 1.84. The molecule has 4 rings (SSSR count). The molecule has 0 spiro atoms. The van der Waals surface area contributed by atoms with Crippen molar-refractivity contribution < 1.29 is 22.7 Å². The van der Waals surface area contributed by atoms with E-state index in [4.69, 9.17) is 16.3 Å². The van der Waals surface area contributed by atoms with Crippen molar-refractivity contribution in [3.63, 3.8) is 0 Å². The number of anilines is 1. The fourth-order valence-corrected chi connectivity index (χ4v) is 6.72. The number of rotatable bonds is 14. The third-order valence-electron chi connectivity index (χ3n) is 7.08. The molecule has 0 saturated carbocycles. The van der Waals surface area contributed by atoms with Gasteiger partial charge >= 0.3 is 0 Å². The number of para-hydroxylation sites is 2. The molecule has 0 heterocycles. The van der Waals surface area contributed by atoms with Crippen molar-refractivity contribution >= 4 is 55.1 Å². The first-order chi connectivity index (χ1) is 22.0. The molecule has 2 amide bonds. The van der Waals surface area contributed by atoms with Crippen LogP contribution in [0.25, 0.3) is 0 Å². The summed E-state index contributed by atoms with van der Waals surface area (Å²) in [5.74, 6) is -0.606. The van der Waals surface area contributed by atoms with Gasteiger partial charge in [-0.1, -0.05) is 82.1 Å². The van der Waals surface area contributed by atoms with Gasteiger partial charge in [-0.15, -0.1) is 0 Å².